The maximum atomic E-state index is 12.0. The molecule has 5 heteroatoms. The molecular weight excluding hydrogens is 252 g/mol. The van der Waals surface area contributed by atoms with E-state index in [4.69, 9.17) is 5.73 Å². The van der Waals surface area contributed by atoms with E-state index in [1.807, 2.05) is 12.3 Å². The number of nitrogens with zero attached hydrogens (tertiary/aromatic N) is 3. The summed E-state index contributed by atoms with van der Waals surface area (Å²) in [5.74, 6) is 1.16. The van der Waals surface area contributed by atoms with E-state index in [0.717, 1.165) is 24.6 Å². The number of hydrogen-bond donors (Lipinski definition) is 1. The Bertz CT molecular complexity index is 467. The molecule has 20 heavy (non-hydrogen) atoms. The van der Waals surface area contributed by atoms with Crippen LogP contribution in [0.2, 0.25) is 0 Å². The van der Waals surface area contributed by atoms with Gasteiger partial charge in [-0.25, -0.2) is 4.98 Å². The maximum Gasteiger partial charge on any atom is 0.228 e. The van der Waals surface area contributed by atoms with Gasteiger partial charge in [-0.3, -0.25) is 9.69 Å². The SMILES string of the molecule is NCC1CC(=O)N(c2ccc(N3CCCCC3)cn2)C1. The van der Waals surface area contributed by atoms with Crippen molar-refractivity contribution in [3.05, 3.63) is 18.3 Å². The third-order valence-corrected chi connectivity index (χ3v) is 4.27. The number of hydrogen-bond acceptors (Lipinski definition) is 4. The van der Waals surface area contributed by atoms with Crippen molar-refractivity contribution < 1.29 is 4.79 Å². The van der Waals surface area contributed by atoms with Crippen molar-refractivity contribution in [2.24, 2.45) is 11.7 Å². The van der Waals surface area contributed by atoms with E-state index in [9.17, 15) is 4.79 Å². The Morgan fingerprint density at radius 1 is 1.25 bits per heavy atom. The summed E-state index contributed by atoms with van der Waals surface area (Å²) in [4.78, 5) is 20.6. The van der Waals surface area contributed by atoms with Crippen LogP contribution >= 0.6 is 0 Å². The van der Waals surface area contributed by atoms with Crippen LogP contribution in [0.15, 0.2) is 18.3 Å². The van der Waals surface area contributed by atoms with E-state index in [2.05, 4.69) is 16.0 Å². The molecule has 2 N–H and O–H groups in total. The number of anilines is 2. The molecule has 1 unspecified atom stereocenters. The Labute approximate surface area is 119 Å². The first-order chi connectivity index (χ1) is 9.78. The molecule has 1 amide bonds. The lowest BCUT2D eigenvalue weighted by Gasteiger charge is -2.28. The van der Waals surface area contributed by atoms with Crippen LogP contribution in [-0.4, -0.2) is 37.1 Å². The van der Waals surface area contributed by atoms with Gasteiger partial charge in [-0.2, -0.15) is 0 Å². The zero-order valence-corrected chi connectivity index (χ0v) is 11.8. The molecule has 1 atom stereocenters. The molecule has 0 saturated carbocycles. The Morgan fingerprint density at radius 2 is 2.05 bits per heavy atom. The number of rotatable bonds is 3. The van der Waals surface area contributed by atoms with Gasteiger partial charge in [0.05, 0.1) is 11.9 Å². The lowest BCUT2D eigenvalue weighted by molar-refractivity contribution is -0.117. The molecule has 0 aliphatic carbocycles. The van der Waals surface area contributed by atoms with Crippen molar-refractivity contribution >= 4 is 17.4 Å². The summed E-state index contributed by atoms with van der Waals surface area (Å²) in [5.41, 5.74) is 6.81. The number of nitrogens with two attached hydrogens (primary N) is 1. The van der Waals surface area contributed by atoms with Crippen LogP contribution in [0.4, 0.5) is 11.5 Å². The van der Waals surface area contributed by atoms with Gasteiger partial charge in [0, 0.05) is 26.1 Å². The Balaban J connectivity index is 1.71. The third-order valence-electron chi connectivity index (χ3n) is 4.27. The fourth-order valence-corrected chi connectivity index (χ4v) is 3.04. The topological polar surface area (TPSA) is 62.5 Å². The molecular formula is C15H22N4O. The van der Waals surface area contributed by atoms with E-state index in [1.54, 1.807) is 4.90 Å². The van der Waals surface area contributed by atoms with Crippen LogP contribution in [0, 0.1) is 5.92 Å². The van der Waals surface area contributed by atoms with Crippen LogP contribution in [0.3, 0.4) is 0 Å². The quantitative estimate of drug-likeness (QED) is 0.904. The highest BCUT2D eigenvalue weighted by molar-refractivity contribution is 5.94. The fourth-order valence-electron chi connectivity index (χ4n) is 3.04. The molecule has 2 aliphatic rings. The minimum Gasteiger partial charge on any atom is -0.370 e. The molecule has 3 heterocycles. The lowest BCUT2D eigenvalue weighted by Crippen LogP contribution is -2.30. The van der Waals surface area contributed by atoms with Crippen molar-refractivity contribution in [3.63, 3.8) is 0 Å². The molecule has 2 fully saturated rings. The van der Waals surface area contributed by atoms with Gasteiger partial charge in [0.15, 0.2) is 0 Å². The second kappa shape index (κ2) is 5.79. The molecule has 1 aromatic heterocycles. The summed E-state index contributed by atoms with van der Waals surface area (Å²) in [6, 6.07) is 4.04. The first-order valence-corrected chi connectivity index (χ1v) is 7.49. The van der Waals surface area contributed by atoms with Gasteiger partial charge < -0.3 is 10.6 Å². The van der Waals surface area contributed by atoms with E-state index in [-0.39, 0.29) is 11.8 Å². The minimum atomic E-state index is 0.138. The molecule has 3 rings (SSSR count). The van der Waals surface area contributed by atoms with Crippen LogP contribution in [-0.2, 0) is 4.79 Å². The average Bonchev–Trinajstić information content (AvgIpc) is 2.89. The number of aromatic nitrogens is 1. The Morgan fingerprint density at radius 3 is 2.65 bits per heavy atom. The summed E-state index contributed by atoms with van der Waals surface area (Å²) in [6.45, 7) is 3.48. The Hall–Kier alpha value is -1.62. The monoisotopic (exact) mass is 274 g/mol. The molecule has 5 nitrogen and oxygen atoms in total. The predicted octanol–water partition coefficient (Wildman–Crippen LogP) is 1.38. The second-order valence-corrected chi connectivity index (χ2v) is 5.73. The second-order valence-electron chi connectivity index (χ2n) is 5.73. The molecule has 0 aromatic carbocycles. The van der Waals surface area contributed by atoms with Crippen molar-refractivity contribution in [2.45, 2.75) is 25.7 Å². The van der Waals surface area contributed by atoms with Crippen molar-refractivity contribution in [3.8, 4) is 0 Å². The van der Waals surface area contributed by atoms with Crippen LogP contribution in [0.1, 0.15) is 25.7 Å². The number of carbonyl (C=O) groups is 1. The van der Waals surface area contributed by atoms with Gasteiger partial charge >= 0.3 is 0 Å². The average molecular weight is 274 g/mol. The first kappa shape index (κ1) is 13.4. The molecule has 2 saturated heterocycles. The largest absolute Gasteiger partial charge is 0.370 e. The zero-order chi connectivity index (χ0) is 13.9. The number of pyridine rings is 1. The smallest absolute Gasteiger partial charge is 0.228 e. The van der Waals surface area contributed by atoms with E-state index in [1.165, 1.54) is 19.3 Å². The van der Waals surface area contributed by atoms with Gasteiger partial charge in [-0.05, 0) is 43.9 Å². The highest BCUT2D eigenvalue weighted by Gasteiger charge is 2.30. The van der Waals surface area contributed by atoms with Gasteiger partial charge in [0.25, 0.3) is 0 Å². The molecule has 0 bridgehead atoms. The Kier molecular flexibility index (Phi) is 3.87. The van der Waals surface area contributed by atoms with Crippen LogP contribution in [0.25, 0.3) is 0 Å². The zero-order valence-electron chi connectivity index (χ0n) is 11.8. The summed E-state index contributed by atoms with van der Waals surface area (Å²) in [7, 11) is 0. The van der Waals surface area contributed by atoms with E-state index in [0.29, 0.717) is 19.5 Å². The highest BCUT2D eigenvalue weighted by atomic mass is 16.2. The summed E-state index contributed by atoms with van der Waals surface area (Å²) in [6.07, 6.45) is 6.27. The first-order valence-electron chi connectivity index (χ1n) is 7.49. The lowest BCUT2D eigenvalue weighted by atomic mass is 10.1. The summed E-state index contributed by atoms with van der Waals surface area (Å²) < 4.78 is 0. The molecule has 2 aliphatic heterocycles. The van der Waals surface area contributed by atoms with Crippen LogP contribution < -0.4 is 15.5 Å². The van der Waals surface area contributed by atoms with E-state index >= 15 is 0 Å². The molecule has 1 aromatic rings. The molecule has 0 spiro atoms. The minimum absolute atomic E-state index is 0.138. The summed E-state index contributed by atoms with van der Waals surface area (Å²) in [5, 5.41) is 0. The van der Waals surface area contributed by atoms with Gasteiger partial charge in [0.1, 0.15) is 5.82 Å². The standard InChI is InChI=1S/C15H22N4O/c16-9-12-8-15(20)19(11-12)14-5-4-13(10-17-14)18-6-2-1-3-7-18/h4-5,10,12H,1-3,6-9,11,16H2. The number of amides is 1. The number of carbonyl (C=O) groups excluding carboxylic acids is 1. The van der Waals surface area contributed by atoms with Crippen molar-refractivity contribution in [1.29, 1.82) is 0 Å². The van der Waals surface area contributed by atoms with Crippen molar-refractivity contribution in [1.82, 2.24) is 4.98 Å². The normalized spacial score (nSPS) is 23.4. The number of piperidine rings is 1. The van der Waals surface area contributed by atoms with Gasteiger partial charge in [-0.15, -0.1) is 0 Å². The maximum absolute atomic E-state index is 12.0. The third kappa shape index (κ3) is 2.63. The van der Waals surface area contributed by atoms with E-state index < -0.39 is 0 Å². The summed E-state index contributed by atoms with van der Waals surface area (Å²) >= 11 is 0. The highest BCUT2D eigenvalue weighted by Crippen LogP contribution is 2.25. The molecule has 0 radical (unpaired) electrons. The van der Waals surface area contributed by atoms with Crippen molar-refractivity contribution in [2.75, 3.05) is 36.0 Å². The fraction of sp³-hybridized carbons (Fsp3) is 0.600. The molecule has 108 valence electrons. The van der Waals surface area contributed by atoms with Crippen LogP contribution in [0.5, 0.6) is 0 Å². The predicted molar refractivity (Wildman–Crippen MR) is 79.8 cm³/mol. The van der Waals surface area contributed by atoms with Gasteiger partial charge in [0.2, 0.25) is 5.91 Å². The van der Waals surface area contributed by atoms with Gasteiger partial charge in [-0.1, -0.05) is 0 Å².